The first kappa shape index (κ1) is 19.4. The van der Waals surface area contributed by atoms with Crippen LogP contribution in [0.1, 0.15) is 19.4 Å². The molecule has 6 nitrogen and oxygen atoms in total. The minimum atomic E-state index is -3.03. The maximum absolute atomic E-state index is 12.5. The van der Waals surface area contributed by atoms with Gasteiger partial charge in [0.2, 0.25) is 11.8 Å². The lowest BCUT2D eigenvalue weighted by Crippen LogP contribution is -2.44. The highest BCUT2D eigenvalue weighted by Crippen LogP contribution is 2.33. The highest BCUT2D eigenvalue weighted by molar-refractivity contribution is 5.95. The summed E-state index contributed by atoms with van der Waals surface area (Å²) >= 11 is 0. The highest BCUT2D eigenvalue weighted by Gasteiger charge is 2.15. The third-order valence-corrected chi connectivity index (χ3v) is 2.95. The van der Waals surface area contributed by atoms with Gasteiger partial charge in [0.15, 0.2) is 11.5 Å². The van der Waals surface area contributed by atoms with Crippen LogP contribution >= 0.6 is 0 Å². The number of carbonyl (C=O) groups is 2. The smallest absolute Gasteiger partial charge is 0.387 e. The lowest BCUT2D eigenvalue weighted by Gasteiger charge is -2.13. The SMILES string of the molecule is CCNC(=O)[C@H](C)NC(=O)/C=C/c1cccc(OC)c1OC(F)F. The molecule has 132 valence electrons. The van der Waals surface area contributed by atoms with Gasteiger partial charge in [0.05, 0.1) is 7.11 Å². The van der Waals surface area contributed by atoms with Gasteiger partial charge in [0.1, 0.15) is 6.04 Å². The maximum Gasteiger partial charge on any atom is 0.387 e. The number of benzene rings is 1. The number of hydrogen-bond acceptors (Lipinski definition) is 4. The number of ether oxygens (including phenoxy) is 2. The Morgan fingerprint density at radius 3 is 2.62 bits per heavy atom. The van der Waals surface area contributed by atoms with E-state index >= 15 is 0 Å². The normalized spacial score (nSPS) is 12.1. The fraction of sp³-hybridized carbons (Fsp3) is 0.375. The number of methoxy groups -OCH3 is 1. The predicted octanol–water partition coefficient (Wildman–Crippen LogP) is 1.95. The van der Waals surface area contributed by atoms with Gasteiger partial charge in [-0.05, 0) is 26.0 Å². The number of alkyl halides is 2. The molecule has 0 aliphatic carbocycles. The molecule has 0 heterocycles. The van der Waals surface area contributed by atoms with Gasteiger partial charge in [-0.25, -0.2) is 0 Å². The van der Waals surface area contributed by atoms with E-state index in [1.54, 1.807) is 13.0 Å². The number of carbonyl (C=O) groups excluding carboxylic acids is 2. The molecule has 0 saturated heterocycles. The van der Waals surface area contributed by atoms with E-state index in [2.05, 4.69) is 15.4 Å². The fourth-order valence-electron chi connectivity index (χ4n) is 1.86. The third kappa shape index (κ3) is 5.86. The van der Waals surface area contributed by atoms with Gasteiger partial charge in [0.25, 0.3) is 0 Å². The molecular weight excluding hydrogens is 322 g/mol. The molecule has 0 aromatic heterocycles. The van der Waals surface area contributed by atoms with Crippen molar-refractivity contribution in [3.05, 3.63) is 29.8 Å². The number of rotatable bonds is 8. The van der Waals surface area contributed by atoms with Crippen LogP contribution in [0.4, 0.5) is 8.78 Å². The van der Waals surface area contributed by atoms with Crippen molar-refractivity contribution in [1.29, 1.82) is 0 Å². The molecule has 0 bridgehead atoms. The van der Waals surface area contributed by atoms with Crippen molar-refractivity contribution in [2.24, 2.45) is 0 Å². The Kier molecular flexibility index (Phi) is 7.67. The number of nitrogens with one attached hydrogen (secondary N) is 2. The standard InChI is InChI=1S/C16H20F2N2O4/c1-4-19-15(22)10(2)20-13(21)9-8-11-6-5-7-12(23-3)14(11)24-16(17)18/h5-10,16H,4H2,1-3H3,(H,19,22)(H,20,21)/b9-8+/t10-/m0/s1. The van der Waals surface area contributed by atoms with E-state index in [-0.39, 0.29) is 23.0 Å². The van der Waals surface area contributed by atoms with E-state index in [4.69, 9.17) is 4.74 Å². The number of halogens is 2. The van der Waals surface area contributed by atoms with E-state index in [1.165, 1.54) is 32.2 Å². The van der Waals surface area contributed by atoms with Crippen LogP contribution in [0.25, 0.3) is 6.08 Å². The van der Waals surface area contributed by atoms with Crippen LogP contribution in [0.15, 0.2) is 24.3 Å². The molecule has 24 heavy (non-hydrogen) atoms. The van der Waals surface area contributed by atoms with E-state index in [0.29, 0.717) is 6.54 Å². The van der Waals surface area contributed by atoms with E-state index in [0.717, 1.165) is 6.08 Å². The van der Waals surface area contributed by atoms with Crippen LogP contribution in [0.5, 0.6) is 11.5 Å². The zero-order valence-electron chi connectivity index (χ0n) is 13.6. The summed E-state index contributed by atoms with van der Waals surface area (Å²) in [6.45, 7) is 0.723. The summed E-state index contributed by atoms with van der Waals surface area (Å²) in [5, 5.41) is 5.04. The Morgan fingerprint density at radius 2 is 2.04 bits per heavy atom. The number of para-hydroxylation sites is 1. The summed E-state index contributed by atoms with van der Waals surface area (Å²) in [5.74, 6) is -0.911. The molecule has 0 aliphatic rings. The molecule has 0 aliphatic heterocycles. The molecule has 8 heteroatoms. The van der Waals surface area contributed by atoms with Crippen molar-refractivity contribution >= 4 is 17.9 Å². The second-order valence-electron chi connectivity index (χ2n) is 4.72. The van der Waals surface area contributed by atoms with Gasteiger partial charge in [-0.15, -0.1) is 0 Å². The summed E-state index contributed by atoms with van der Waals surface area (Å²) in [5.41, 5.74) is 0.246. The zero-order valence-corrected chi connectivity index (χ0v) is 13.6. The molecule has 1 aromatic rings. The molecule has 0 fully saturated rings. The Morgan fingerprint density at radius 1 is 1.33 bits per heavy atom. The van der Waals surface area contributed by atoms with Crippen molar-refractivity contribution in [2.45, 2.75) is 26.5 Å². The van der Waals surface area contributed by atoms with Crippen LogP contribution in [0, 0.1) is 0 Å². The first-order valence-electron chi connectivity index (χ1n) is 7.27. The Bertz CT molecular complexity index is 606. The number of hydrogen-bond donors (Lipinski definition) is 2. The van der Waals surface area contributed by atoms with Gasteiger partial charge in [-0.1, -0.05) is 12.1 Å². The van der Waals surface area contributed by atoms with Crippen LogP contribution in [-0.4, -0.2) is 38.1 Å². The quantitative estimate of drug-likeness (QED) is 0.708. The molecule has 0 saturated carbocycles. The second kappa shape index (κ2) is 9.49. The van der Waals surface area contributed by atoms with Crippen LogP contribution in [0.3, 0.4) is 0 Å². The van der Waals surface area contributed by atoms with E-state index in [9.17, 15) is 18.4 Å². The van der Waals surface area contributed by atoms with Crippen LogP contribution in [0.2, 0.25) is 0 Å². The van der Waals surface area contributed by atoms with Gasteiger partial charge >= 0.3 is 6.61 Å². The molecule has 2 amide bonds. The van der Waals surface area contributed by atoms with Crippen LogP contribution < -0.4 is 20.1 Å². The number of amides is 2. The minimum absolute atomic E-state index is 0.119. The maximum atomic E-state index is 12.5. The minimum Gasteiger partial charge on any atom is -0.493 e. The van der Waals surface area contributed by atoms with Crippen molar-refractivity contribution < 1.29 is 27.8 Å². The Hall–Kier alpha value is -2.64. The molecule has 0 spiro atoms. The Balaban J connectivity index is 2.86. The van der Waals surface area contributed by atoms with E-state index < -0.39 is 18.6 Å². The molecule has 1 atom stereocenters. The average molecular weight is 342 g/mol. The summed E-state index contributed by atoms with van der Waals surface area (Å²) in [7, 11) is 1.32. The molecule has 0 unspecified atom stereocenters. The molecule has 2 N–H and O–H groups in total. The van der Waals surface area contributed by atoms with Crippen molar-refractivity contribution in [3.63, 3.8) is 0 Å². The largest absolute Gasteiger partial charge is 0.493 e. The summed E-state index contributed by atoms with van der Waals surface area (Å²) in [4.78, 5) is 23.4. The monoisotopic (exact) mass is 342 g/mol. The number of likely N-dealkylation sites (N-methyl/N-ethyl adjacent to an activating group) is 1. The molecule has 1 aromatic carbocycles. The zero-order chi connectivity index (χ0) is 18.1. The summed E-state index contributed by atoms with van der Waals surface area (Å²) < 4.78 is 34.5. The Labute approximate surface area is 138 Å². The topological polar surface area (TPSA) is 76.7 Å². The van der Waals surface area contributed by atoms with Crippen molar-refractivity contribution in [1.82, 2.24) is 10.6 Å². The lowest BCUT2D eigenvalue weighted by atomic mass is 10.1. The fourth-order valence-corrected chi connectivity index (χ4v) is 1.86. The predicted molar refractivity (Wildman–Crippen MR) is 84.9 cm³/mol. The van der Waals surface area contributed by atoms with Crippen LogP contribution in [-0.2, 0) is 9.59 Å². The molecular formula is C16H20F2N2O4. The summed E-state index contributed by atoms with van der Waals surface area (Å²) in [6, 6.07) is 3.82. The lowest BCUT2D eigenvalue weighted by molar-refractivity contribution is -0.126. The van der Waals surface area contributed by atoms with Gasteiger partial charge < -0.3 is 20.1 Å². The van der Waals surface area contributed by atoms with E-state index in [1.807, 2.05) is 0 Å². The van der Waals surface area contributed by atoms with Crippen molar-refractivity contribution in [3.8, 4) is 11.5 Å². The van der Waals surface area contributed by atoms with Gasteiger partial charge in [0, 0.05) is 18.2 Å². The molecule has 0 radical (unpaired) electrons. The first-order chi connectivity index (χ1) is 11.4. The van der Waals surface area contributed by atoms with Gasteiger partial charge in [-0.3, -0.25) is 9.59 Å². The second-order valence-corrected chi connectivity index (χ2v) is 4.72. The van der Waals surface area contributed by atoms with Crippen molar-refractivity contribution in [2.75, 3.05) is 13.7 Å². The highest BCUT2D eigenvalue weighted by atomic mass is 19.3. The first-order valence-corrected chi connectivity index (χ1v) is 7.27. The third-order valence-electron chi connectivity index (χ3n) is 2.95. The summed E-state index contributed by atoms with van der Waals surface area (Å²) in [6.07, 6.45) is 2.43. The van der Waals surface area contributed by atoms with Gasteiger partial charge in [-0.2, -0.15) is 8.78 Å². The average Bonchev–Trinajstić information content (AvgIpc) is 2.53. The molecule has 1 rings (SSSR count).